The van der Waals surface area contributed by atoms with Gasteiger partial charge in [-0.05, 0) is 79.5 Å². The van der Waals surface area contributed by atoms with Crippen LogP contribution in [0.15, 0.2) is 77.7 Å². The summed E-state index contributed by atoms with van der Waals surface area (Å²) >= 11 is 0. The van der Waals surface area contributed by atoms with Crippen LogP contribution in [-0.4, -0.2) is 32.3 Å². The molecule has 1 aliphatic heterocycles. The van der Waals surface area contributed by atoms with Gasteiger partial charge in [0.1, 0.15) is 16.4 Å². The highest BCUT2D eigenvalue weighted by Crippen LogP contribution is 2.45. The average Bonchev–Trinajstić information content (AvgIpc) is 3.37. The van der Waals surface area contributed by atoms with Crippen LogP contribution in [0, 0.1) is 23.5 Å². The van der Waals surface area contributed by atoms with Crippen molar-refractivity contribution in [2.75, 3.05) is 13.1 Å². The number of amides is 1. The minimum atomic E-state index is -4.10. The zero-order valence-corrected chi connectivity index (χ0v) is 21.7. The Morgan fingerprint density at radius 1 is 0.919 bits per heavy atom. The van der Waals surface area contributed by atoms with E-state index in [0.29, 0.717) is 22.6 Å². The van der Waals surface area contributed by atoms with Gasteiger partial charge >= 0.3 is 0 Å². The second kappa shape index (κ2) is 10.0. The number of hydrogen-bond acceptors (Lipinski definition) is 3. The number of likely N-dealkylation sites (tertiary alicyclic amines) is 1. The summed E-state index contributed by atoms with van der Waals surface area (Å²) < 4.78 is 55.8. The third-order valence-electron chi connectivity index (χ3n) is 8.13. The number of carbonyl (C=O) groups is 1. The van der Waals surface area contributed by atoms with Crippen molar-refractivity contribution in [2.24, 2.45) is 11.8 Å². The van der Waals surface area contributed by atoms with Crippen molar-refractivity contribution in [3.8, 4) is 11.1 Å². The van der Waals surface area contributed by atoms with E-state index < -0.39 is 26.2 Å². The topological polar surface area (TPSA) is 54.5 Å². The van der Waals surface area contributed by atoms with Gasteiger partial charge in [0.2, 0.25) is 5.91 Å². The van der Waals surface area contributed by atoms with Crippen molar-refractivity contribution in [2.45, 2.75) is 48.7 Å². The Labute approximate surface area is 217 Å². The van der Waals surface area contributed by atoms with E-state index >= 15 is 4.39 Å². The molecule has 0 unspecified atom stereocenters. The van der Waals surface area contributed by atoms with Crippen molar-refractivity contribution in [3.63, 3.8) is 0 Å². The molecule has 1 amide bonds. The molecule has 4 nitrogen and oxygen atoms in total. The summed E-state index contributed by atoms with van der Waals surface area (Å²) in [5, 5.41) is 0. The zero-order valence-electron chi connectivity index (χ0n) is 20.9. The summed E-state index contributed by atoms with van der Waals surface area (Å²) in [7, 11) is -4.10. The minimum Gasteiger partial charge on any atom is -0.340 e. The number of hydrogen-bond donors (Lipinski definition) is 0. The van der Waals surface area contributed by atoms with Crippen LogP contribution < -0.4 is 0 Å². The van der Waals surface area contributed by atoms with Crippen LogP contribution in [0.25, 0.3) is 11.1 Å². The lowest BCUT2D eigenvalue weighted by Crippen LogP contribution is -2.42. The second-order valence-electron chi connectivity index (χ2n) is 10.5. The largest absolute Gasteiger partial charge is 0.340 e. The molecule has 1 saturated heterocycles. The molecule has 0 aromatic heterocycles. The Hall–Kier alpha value is -3.06. The molecule has 1 heterocycles. The van der Waals surface area contributed by atoms with E-state index in [4.69, 9.17) is 0 Å². The molecule has 0 radical (unpaired) electrons. The minimum absolute atomic E-state index is 0.0236. The van der Waals surface area contributed by atoms with Gasteiger partial charge in [0, 0.05) is 24.6 Å². The Balaban J connectivity index is 1.55. The van der Waals surface area contributed by atoms with Crippen molar-refractivity contribution in [3.05, 3.63) is 90.0 Å². The van der Waals surface area contributed by atoms with Crippen LogP contribution in [0.2, 0.25) is 0 Å². The zero-order chi connectivity index (χ0) is 26.2. The maximum absolute atomic E-state index is 15.5. The predicted molar refractivity (Wildman–Crippen MR) is 139 cm³/mol. The Bertz CT molecular complexity index is 1380. The highest BCUT2D eigenvalue weighted by molar-refractivity contribution is 7.92. The van der Waals surface area contributed by atoms with Gasteiger partial charge in [-0.3, -0.25) is 4.79 Å². The third kappa shape index (κ3) is 4.70. The van der Waals surface area contributed by atoms with Crippen LogP contribution in [-0.2, 0) is 19.4 Å². The first-order chi connectivity index (χ1) is 17.7. The van der Waals surface area contributed by atoms with Gasteiger partial charge in [0.15, 0.2) is 9.84 Å². The molecule has 194 valence electrons. The monoisotopic (exact) mass is 523 g/mol. The third-order valence-corrected chi connectivity index (χ3v) is 10.6. The Morgan fingerprint density at radius 3 is 2.24 bits per heavy atom. The van der Waals surface area contributed by atoms with Crippen LogP contribution in [0.5, 0.6) is 0 Å². The fraction of sp³-hybridized carbons (Fsp3) is 0.367. The van der Waals surface area contributed by atoms with Gasteiger partial charge in [-0.15, -0.1) is 0 Å². The molecule has 1 atom stereocenters. The quantitative estimate of drug-likeness (QED) is 0.366. The van der Waals surface area contributed by atoms with E-state index in [-0.39, 0.29) is 36.2 Å². The highest BCUT2D eigenvalue weighted by atomic mass is 32.2. The average molecular weight is 524 g/mol. The molecule has 0 N–H and O–H groups in total. The van der Waals surface area contributed by atoms with E-state index in [1.165, 1.54) is 18.2 Å². The molecule has 0 spiro atoms. The van der Waals surface area contributed by atoms with Gasteiger partial charge in [-0.1, -0.05) is 49.4 Å². The van der Waals surface area contributed by atoms with Crippen LogP contribution in [0.1, 0.15) is 44.6 Å². The standard InChI is InChI=1S/C30H31F2NO3S/c1-21-7-9-23(10-8-21)29(34)33-18-17-30(20-33,37(35,36)26-14-12-25(31)13-15-26)24-11-16-27(28(32)19-24)22-5-3-2-4-6-22/h2-6,11-16,19,21,23H,7-10,17-18,20H2,1H3/t21-,23-,30-/m0/s1. The van der Waals surface area contributed by atoms with Crippen molar-refractivity contribution >= 4 is 15.7 Å². The normalized spacial score (nSPS) is 24.2. The number of rotatable bonds is 5. The molecule has 0 bridgehead atoms. The Kier molecular flexibility index (Phi) is 6.92. The molecular formula is C30H31F2NO3S. The fourth-order valence-corrected chi connectivity index (χ4v) is 7.90. The maximum atomic E-state index is 15.5. The first kappa shape index (κ1) is 25.6. The van der Waals surface area contributed by atoms with Gasteiger partial charge in [-0.25, -0.2) is 17.2 Å². The smallest absolute Gasteiger partial charge is 0.225 e. The predicted octanol–water partition coefficient (Wildman–Crippen LogP) is 6.36. The molecule has 7 heteroatoms. The number of nitrogens with zero attached hydrogens (tertiary/aromatic N) is 1. The van der Waals surface area contributed by atoms with Gasteiger partial charge in [0.25, 0.3) is 0 Å². The van der Waals surface area contributed by atoms with Crippen molar-refractivity contribution < 1.29 is 22.0 Å². The molecule has 37 heavy (non-hydrogen) atoms. The van der Waals surface area contributed by atoms with Crippen LogP contribution in [0.3, 0.4) is 0 Å². The van der Waals surface area contributed by atoms with Crippen LogP contribution in [0.4, 0.5) is 8.78 Å². The summed E-state index contributed by atoms with van der Waals surface area (Å²) in [6.45, 7) is 2.40. The van der Waals surface area contributed by atoms with E-state index in [9.17, 15) is 17.6 Å². The summed E-state index contributed by atoms with van der Waals surface area (Å²) in [6.07, 6.45) is 3.71. The highest BCUT2D eigenvalue weighted by Gasteiger charge is 2.52. The van der Waals surface area contributed by atoms with Crippen LogP contribution >= 0.6 is 0 Å². The van der Waals surface area contributed by atoms with E-state index in [0.717, 1.165) is 37.8 Å². The first-order valence-corrected chi connectivity index (χ1v) is 14.3. The summed E-state index contributed by atoms with van der Waals surface area (Å²) in [5.74, 6) is -0.613. The Morgan fingerprint density at radius 2 is 1.59 bits per heavy atom. The SMILES string of the molecule is C[C@H]1CC[C@H](C(=O)N2CC[C@](c3ccc(-c4ccccc4)c(F)c3)(S(=O)(=O)c3ccc(F)cc3)C2)CC1. The molecule has 2 aliphatic rings. The van der Waals surface area contributed by atoms with Crippen molar-refractivity contribution in [1.82, 2.24) is 4.90 Å². The second-order valence-corrected chi connectivity index (χ2v) is 12.7. The first-order valence-electron chi connectivity index (χ1n) is 12.9. The molecule has 2 fully saturated rings. The molecular weight excluding hydrogens is 492 g/mol. The lowest BCUT2D eigenvalue weighted by Gasteiger charge is -2.32. The number of carbonyl (C=O) groups excluding carboxylic acids is 1. The van der Waals surface area contributed by atoms with Gasteiger partial charge < -0.3 is 4.90 Å². The summed E-state index contributed by atoms with van der Waals surface area (Å²) in [4.78, 5) is 15.1. The molecule has 5 rings (SSSR count). The van der Waals surface area contributed by atoms with E-state index in [2.05, 4.69) is 6.92 Å². The lowest BCUT2D eigenvalue weighted by atomic mass is 9.82. The number of sulfone groups is 1. The maximum Gasteiger partial charge on any atom is 0.225 e. The van der Waals surface area contributed by atoms with Crippen molar-refractivity contribution in [1.29, 1.82) is 0 Å². The molecule has 1 aliphatic carbocycles. The fourth-order valence-electron chi connectivity index (χ4n) is 5.84. The van der Waals surface area contributed by atoms with Gasteiger partial charge in [-0.2, -0.15) is 0 Å². The lowest BCUT2D eigenvalue weighted by molar-refractivity contribution is -0.135. The summed E-state index contributed by atoms with van der Waals surface area (Å²) in [5.41, 5.74) is 1.37. The molecule has 3 aromatic rings. The number of benzene rings is 3. The van der Waals surface area contributed by atoms with E-state index in [1.807, 2.05) is 18.2 Å². The van der Waals surface area contributed by atoms with Gasteiger partial charge in [0.05, 0.1) is 4.90 Å². The molecule has 3 aromatic carbocycles. The van der Waals surface area contributed by atoms with E-state index in [1.54, 1.807) is 29.2 Å². The molecule has 1 saturated carbocycles. The number of halogens is 2. The summed E-state index contributed by atoms with van der Waals surface area (Å²) in [6, 6.07) is 18.3.